The second kappa shape index (κ2) is 6.38. The summed E-state index contributed by atoms with van der Waals surface area (Å²) in [5, 5.41) is 5.33. The lowest BCUT2D eigenvalue weighted by Crippen LogP contribution is -2.44. The molecule has 0 radical (unpaired) electrons. The minimum Gasteiger partial charge on any atom is -0.350 e. The maximum Gasteiger partial charge on any atom is 0.261 e. The van der Waals surface area contributed by atoms with Crippen molar-refractivity contribution in [3.8, 4) is 0 Å². The third kappa shape index (κ3) is 3.10. The zero-order valence-electron chi connectivity index (χ0n) is 13.4. The fraction of sp³-hybridized carbons (Fsp3) is 0.500. The molecule has 4 rings (SSSR count). The summed E-state index contributed by atoms with van der Waals surface area (Å²) in [4.78, 5) is 18.7. The van der Waals surface area contributed by atoms with E-state index in [1.165, 1.54) is 27.3 Å². The molecule has 0 fully saturated rings. The van der Waals surface area contributed by atoms with Crippen LogP contribution in [0.15, 0.2) is 17.5 Å². The van der Waals surface area contributed by atoms with E-state index < -0.39 is 0 Å². The van der Waals surface area contributed by atoms with Gasteiger partial charge in [-0.05, 0) is 61.2 Å². The van der Waals surface area contributed by atoms with Gasteiger partial charge in [-0.3, -0.25) is 9.69 Å². The number of nitrogens with zero attached hydrogens (tertiary/aromatic N) is 1. The molecule has 0 aromatic carbocycles. The Balaban J connectivity index is 1.32. The van der Waals surface area contributed by atoms with Gasteiger partial charge in [-0.2, -0.15) is 0 Å². The van der Waals surface area contributed by atoms with Gasteiger partial charge in [0, 0.05) is 35.4 Å². The lowest BCUT2D eigenvalue weighted by Gasteiger charge is -2.32. The van der Waals surface area contributed by atoms with Crippen LogP contribution in [0, 0.1) is 0 Å². The molecule has 1 aliphatic carbocycles. The van der Waals surface area contributed by atoms with Crippen molar-refractivity contribution in [1.29, 1.82) is 0 Å². The first-order valence-electron chi connectivity index (χ1n) is 8.40. The van der Waals surface area contributed by atoms with Crippen LogP contribution in [0.25, 0.3) is 0 Å². The number of hydrogen-bond donors (Lipinski definition) is 1. The maximum atomic E-state index is 12.4. The van der Waals surface area contributed by atoms with Crippen LogP contribution in [0.1, 0.15) is 43.9 Å². The van der Waals surface area contributed by atoms with Crippen LogP contribution in [0.3, 0.4) is 0 Å². The van der Waals surface area contributed by atoms with Crippen LogP contribution in [0.5, 0.6) is 0 Å². The summed E-state index contributed by atoms with van der Waals surface area (Å²) >= 11 is 3.56. The standard InChI is InChI=1S/C18H22N2OS2/c1-12(20-7-5-15-14(11-20)6-8-22-15)10-19-18(21)17-9-13-3-2-4-16(13)23-17/h6,8-9,12H,2-5,7,10-11H2,1H3,(H,19,21)/t12-/m0/s1. The molecule has 0 saturated carbocycles. The summed E-state index contributed by atoms with van der Waals surface area (Å²) in [6, 6.07) is 4.72. The molecule has 122 valence electrons. The highest BCUT2D eigenvalue weighted by Gasteiger charge is 2.23. The van der Waals surface area contributed by atoms with E-state index >= 15 is 0 Å². The van der Waals surface area contributed by atoms with Crippen molar-refractivity contribution < 1.29 is 4.79 Å². The van der Waals surface area contributed by atoms with E-state index in [4.69, 9.17) is 0 Å². The quantitative estimate of drug-likeness (QED) is 0.919. The Hall–Kier alpha value is -1.17. The molecule has 5 heteroatoms. The first kappa shape index (κ1) is 15.4. The lowest BCUT2D eigenvalue weighted by molar-refractivity contribution is 0.0936. The van der Waals surface area contributed by atoms with Gasteiger partial charge in [0.1, 0.15) is 0 Å². The molecule has 3 nitrogen and oxygen atoms in total. The van der Waals surface area contributed by atoms with Crippen LogP contribution in [0.2, 0.25) is 0 Å². The lowest BCUT2D eigenvalue weighted by atomic mass is 10.1. The summed E-state index contributed by atoms with van der Waals surface area (Å²) < 4.78 is 0. The fourth-order valence-electron chi connectivity index (χ4n) is 3.54. The van der Waals surface area contributed by atoms with E-state index in [-0.39, 0.29) is 5.91 Å². The summed E-state index contributed by atoms with van der Waals surface area (Å²) in [6.45, 7) is 5.05. The van der Waals surface area contributed by atoms with Gasteiger partial charge in [-0.25, -0.2) is 0 Å². The van der Waals surface area contributed by atoms with E-state index in [0.717, 1.165) is 43.8 Å². The van der Waals surface area contributed by atoms with Crippen LogP contribution in [0.4, 0.5) is 0 Å². The predicted octanol–water partition coefficient (Wildman–Crippen LogP) is 3.47. The molecule has 2 aromatic heterocycles. The zero-order valence-corrected chi connectivity index (χ0v) is 15.1. The molecule has 1 aliphatic heterocycles. The molecule has 0 bridgehead atoms. The monoisotopic (exact) mass is 346 g/mol. The van der Waals surface area contributed by atoms with E-state index in [1.54, 1.807) is 11.3 Å². The molecule has 1 atom stereocenters. The number of hydrogen-bond acceptors (Lipinski definition) is 4. The first-order valence-corrected chi connectivity index (χ1v) is 10.1. The van der Waals surface area contributed by atoms with Gasteiger partial charge in [0.2, 0.25) is 0 Å². The van der Waals surface area contributed by atoms with Crippen molar-refractivity contribution in [3.63, 3.8) is 0 Å². The van der Waals surface area contributed by atoms with Gasteiger partial charge in [0.15, 0.2) is 0 Å². The number of thiophene rings is 2. The number of fused-ring (bicyclic) bond motifs is 2. The average Bonchev–Trinajstić information content (AvgIpc) is 3.25. The minimum atomic E-state index is 0.101. The minimum absolute atomic E-state index is 0.101. The molecule has 1 N–H and O–H groups in total. The van der Waals surface area contributed by atoms with E-state index in [0.29, 0.717) is 6.04 Å². The number of aryl methyl sites for hydroxylation is 2. The second-order valence-electron chi connectivity index (χ2n) is 6.56. The number of nitrogens with one attached hydrogen (secondary N) is 1. The van der Waals surface area contributed by atoms with Gasteiger partial charge in [0.25, 0.3) is 5.91 Å². The predicted molar refractivity (Wildman–Crippen MR) is 96.6 cm³/mol. The Morgan fingerprint density at radius 1 is 1.30 bits per heavy atom. The van der Waals surface area contributed by atoms with Crippen molar-refractivity contribution in [3.05, 3.63) is 43.3 Å². The Bertz CT molecular complexity index is 697. The summed E-state index contributed by atoms with van der Waals surface area (Å²) in [6.07, 6.45) is 4.69. The molecule has 0 unspecified atom stereocenters. The topological polar surface area (TPSA) is 32.3 Å². The number of carbonyl (C=O) groups excluding carboxylic acids is 1. The van der Waals surface area contributed by atoms with Gasteiger partial charge >= 0.3 is 0 Å². The third-order valence-corrected chi connectivity index (χ3v) is 7.25. The van der Waals surface area contributed by atoms with Gasteiger partial charge in [-0.15, -0.1) is 22.7 Å². The van der Waals surface area contributed by atoms with Crippen molar-refractivity contribution in [1.82, 2.24) is 10.2 Å². The Morgan fingerprint density at radius 2 is 2.22 bits per heavy atom. The number of carbonyl (C=O) groups is 1. The smallest absolute Gasteiger partial charge is 0.261 e. The normalized spacial score (nSPS) is 18.5. The molecule has 0 saturated heterocycles. The van der Waals surface area contributed by atoms with Crippen molar-refractivity contribution in [2.75, 3.05) is 13.1 Å². The van der Waals surface area contributed by atoms with Crippen molar-refractivity contribution in [2.24, 2.45) is 0 Å². The zero-order chi connectivity index (χ0) is 15.8. The van der Waals surface area contributed by atoms with Crippen molar-refractivity contribution >= 4 is 28.6 Å². The van der Waals surface area contributed by atoms with E-state index in [2.05, 4.69) is 34.7 Å². The highest BCUT2D eigenvalue weighted by Crippen LogP contribution is 2.30. The molecule has 23 heavy (non-hydrogen) atoms. The highest BCUT2D eigenvalue weighted by atomic mass is 32.1. The summed E-state index contributed by atoms with van der Waals surface area (Å²) in [5.41, 5.74) is 2.86. The van der Waals surface area contributed by atoms with Gasteiger partial charge in [-0.1, -0.05) is 0 Å². The van der Waals surface area contributed by atoms with Crippen LogP contribution in [-0.4, -0.2) is 29.9 Å². The fourth-order valence-corrected chi connectivity index (χ4v) is 5.60. The van der Waals surface area contributed by atoms with Crippen LogP contribution >= 0.6 is 22.7 Å². The average molecular weight is 347 g/mol. The summed E-state index contributed by atoms with van der Waals surface area (Å²) in [7, 11) is 0. The Labute approximate surface area is 145 Å². The molecular formula is C18H22N2OS2. The Morgan fingerprint density at radius 3 is 3.09 bits per heavy atom. The van der Waals surface area contributed by atoms with Gasteiger partial charge < -0.3 is 5.32 Å². The SMILES string of the molecule is C[C@@H](CNC(=O)c1cc2c(s1)CCC2)N1CCc2sccc2C1. The molecule has 0 spiro atoms. The largest absolute Gasteiger partial charge is 0.350 e. The number of amides is 1. The number of rotatable bonds is 4. The Kier molecular flexibility index (Phi) is 4.26. The summed E-state index contributed by atoms with van der Waals surface area (Å²) in [5.74, 6) is 0.101. The second-order valence-corrected chi connectivity index (χ2v) is 8.70. The van der Waals surface area contributed by atoms with Gasteiger partial charge in [0.05, 0.1) is 4.88 Å². The highest BCUT2D eigenvalue weighted by molar-refractivity contribution is 7.14. The molecular weight excluding hydrogens is 324 g/mol. The third-order valence-electron chi connectivity index (χ3n) is 4.99. The van der Waals surface area contributed by atoms with Crippen LogP contribution < -0.4 is 5.32 Å². The van der Waals surface area contributed by atoms with E-state index in [1.807, 2.05) is 11.3 Å². The maximum absolute atomic E-state index is 12.4. The molecule has 2 aliphatic rings. The van der Waals surface area contributed by atoms with E-state index in [9.17, 15) is 4.79 Å². The first-order chi connectivity index (χ1) is 11.2. The molecule has 3 heterocycles. The molecule has 1 amide bonds. The van der Waals surface area contributed by atoms with Crippen molar-refractivity contribution in [2.45, 2.75) is 45.2 Å². The van der Waals surface area contributed by atoms with Crippen LogP contribution in [-0.2, 0) is 25.8 Å². The molecule has 2 aromatic rings.